The highest BCUT2D eigenvalue weighted by Crippen LogP contribution is 2.47. The second-order valence-electron chi connectivity index (χ2n) is 15.0. The van der Waals surface area contributed by atoms with Crippen molar-refractivity contribution in [1.82, 2.24) is 9.80 Å². The molecule has 2 heterocycles. The Morgan fingerprint density at radius 2 is 0.926 bits per heavy atom. The standard InChI is InChI=1S/C46H44N2O6/c1-3-5-7-12-16-28(17-13-8-6-4-2)47-42(49)33-22-18-29-31-20-24-35-41-36(25-21-32(39(31)41)30-19-23-34(43(47)50)40(33)38(29)30)45(52)48(44(35)51)37(46(53)54)26-27-14-10-9-11-15-27/h9-11,14-15,18-25,28,37H,3-8,12-13,16-17,26H2,1-2H3,(H,53,54)/t37-/m0/s1. The van der Waals surface area contributed by atoms with Crippen LogP contribution in [0.15, 0.2) is 78.9 Å². The van der Waals surface area contributed by atoms with Gasteiger partial charge in [0.25, 0.3) is 23.6 Å². The van der Waals surface area contributed by atoms with Crippen molar-refractivity contribution in [2.45, 2.75) is 96.6 Å². The largest absolute Gasteiger partial charge is 0.480 e. The summed E-state index contributed by atoms with van der Waals surface area (Å²) in [5, 5.41) is 16.2. The lowest BCUT2D eigenvalue weighted by Gasteiger charge is -2.35. The molecule has 0 unspecified atom stereocenters. The van der Waals surface area contributed by atoms with Gasteiger partial charge in [0, 0.05) is 45.5 Å². The van der Waals surface area contributed by atoms with Gasteiger partial charge in [-0.05, 0) is 75.0 Å². The van der Waals surface area contributed by atoms with Gasteiger partial charge >= 0.3 is 5.97 Å². The van der Waals surface area contributed by atoms with Crippen molar-refractivity contribution in [3.05, 3.63) is 107 Å². The molecule has 0 spiro atoms. The van der Waals surface area contributed by atoms with E-state index < -0.39 is 23.8 Å². The summed E-state index contributed by atoms with van der Waals surface area (Å²) in [7, 11) is 0. The summed E-state index contributed by atoms with van der Waals surface area (Å²) in [6.45, 7) is 4.36. The monoisotopic (exact) mass is 720 g/mol. The molecule has 274 valence electrons. The molecule has 8 rings (SSSR count). The number of imide groups is 2. The zero-order valence-corrected chi connectivity index (χ0v) is 30.8. The molecule has 0 radical (unpaired) electrons. The quantitative estimate of drug-likeness (QED) is 0.0489. The van der Waals surface area contributed by atoms with Gasteiger partial charge in [0.2, 0.25) is 0 Å². The van der Waals surface area contributed by atoms with E-state index in [4.69, 9.17) is 0 Å². The van der Waals surface area contributed by atoms with Gasteiger partial charge < -0.3 is 5.11 Å². The minimum absolute atomic E-state index is 0.0182. The number of fused-ring (bicyclic) bond motifs is 2. The van der Waals surface area contributed by atoms with Gasteiger partial charge in [-0.25, -0.2) is 4.79 Å². The minimum Gasteiger partial charge on any atom is -0.480 e. The number of carbonyl (C=O) groups is 5. The van der Waals surface area contributed by atoms with Crippen LogP contribution in [0.2, 0.25) is 0 Å². The summed E-state index contributed by atoms with van der Waals surface area (Å²) in [5.41, 5.74) is 2.27. The third kappa shape index (κ3) is 5.62. The smallest absolute Gasteiger partial charge is 0.327 e. The van der Waals surface area contributed by atoms with Crippen molar-refractivity contribution < 1.29 is 29.1 Å². The first-order valence-corrected chi connectivity index (χ1v) is 19.5. The molecule has 0 bridgehead atoms. The maximum atomic E-state index is 14.4. The van der Waals surface area contributed by atoms with Crippen LogP contribution in [-0.4, -0.2) is 56.6 Å². The summed E-state index contributed by atoms with van der Waals surface area (Å²) >= 11 is 0. The number of carboxylic acids is 1. The first kappa shape index (κ1) is 35.4. The number of hydrogen-bond acceptors (Lipinski definition) is 5. The Morgan fingerprint density at radius 1 is 0.519 bits per heavy atom. The Bertz CT molecular complexity index is 2350. The number of hydrogen-bond donors (Lipinski definition) is 1. The predicted octanol–water partition coefficient (Wildman–Crippen LogP) is 9.93. The maximum absolute atomic E-state index is 14.4. The summed E-state index contributed by atoms with van der Waals surface area (Å²) < 4.78 is 0. The lowest BCUT2D eigenvalue weighted by Crippen LogP contribution is -2.51. The van der Waals surface area contributed by atoms with Crippen LogP contribution in [0.25, 0.3) is 43.1 Å². The molecule has 0 saturated carbocycles. The van der Waals surface area contributed by atoms with E-state index in [0.29, 0.717) is 27.5 Å². The first-order valence-electron chi connectivity index (χ1n) is 19.5. The number of benzene rings is 6. The van der Waals surface area contributed by atoms with Gasteiger partial charge in [-0.2, -0.15) is 0 Å². The summed E-state index contributed by atoms with van der Waals surface area (Å²) in [5.74, 6) is -3.05. The third-order valence-corrected chi connectivity index (χ3v) is 11.7. The van der Waals surface area contributed by atoms with Crippen molar-refractivity contribution in [2.24, 2.45) is 0 Å². The molecule has 54 heavy (non-hydrogen) atoms. The molecule has 2 aliphatic rings. The Balaban J connectivity index is 1.24. The van der Waals surface area contributed by atoms with Crippen LogP contribution in [0.3, 0.4) is 0 Å². The van der Waals surface area contributed by atoms with Crippen LogP contribution in [0.5, 0.6) is 0 Å². The molecule has 0 fully saturated rings. The van der Waals surface area contributed by atoms with Crippen molar-refractivity contribution in [2.75, 3.05) is 0 Å². The Morgan fingerprint density at radius 3 is 1.31 bits per heavy atom. The van der Waals surface area contributed by atoms with Crippen LogP contribution in [0.4, 0.5) is 0 Å². The Hall–Kier alpha value is -5.63. The number of rotatable bonds is 15. The number of amides is 4. The van der Waals surface area contributed by atoms with Crippen molar-refractivity contribution in [3.63, 3.8) is 0 Å². The van der Waals surface area contributed by atoms with Crippen molar-refractivity contribution in [1.29, 1.82) is 0 Å². The van der Waals surface area contributed by atoms with Crippen LogP contribution in [-0.2, 0) is 11.2 Å². The first-order chi connectivity index (χ1) is 26.3. The summed E-state index contributed by atoms with van der Waals surface area (Å²) in [6.07, 6.45) is 10.2. The fraction of sp³-hybridized carbons (Fsp3) is 0.326. The van der Waals surface area contributed by atoms with E-state index in [1.54, 1.807) is 41.3 Å². The zero-order chi connectivity index (χ0) is 37.7. The van der Waals surface area contributed by atoms with E-state index in [1.165, 1.54) is 0 Å². The predicted molar refractivity (Wildman–Crippen MR) is 212 cm³/mol. The second-order valence-corrected chi connectivity index (χ2v) is 15.0. The fourth-order valence-electron chi connectivity index (χ4n) is 9.06. The van der Waals surface area contributed by atoms with Crippen LogP contribution in [0, 0.1) is 0 Å². The molecule has 0 aromatic heterocycles. The lowest BCUT2D eigenvalue weighted by atomic mass is 9.81. The van der Waals surface area contributed by atoms with E-state index in [0.717, 1.165) is 101 Å². The molecule has 4 amide bonds. The molecule has 8 heteroatoms. The molecule has 1 atom stereocenters. The topological polar surface area (TPSA) is 112 Å². The second kappa shape index (κ2) is 14.3. The highest BCUT2D eigenvalue weighted by atomic mass is 16.4. The van der Waals surface area contributed by atoms with Gasteiger partial charge in [0.1, 0.15) is 6.04 Å². The lowest BCUT2D eigenvalue weighted by molar-refractivity contribution is -0.141. The van der Waals surface area contributed by atoms with E-state index in [-0.39, 0.29) is 35.4 Å². The molecule has 6 aromatic carbocycles. The number of unbranched alkanes of at least 4 members (excludes halogenated alkanes) is 6. The van der Waals surface area contributed by atoms with Crippen LogP contribution >= 0.6 is 0 Å². The van der Waals surface area contributed by atoms with Crippen LogP contribution in [0.1, 0.15) is 125 Å². The summed E-state index contributed by atoms with van der Waals surface area (Å²) in [4.78, 5) is 72.2. The molecular formula is C46H44N2O6. The molecule has 2 aliphatic heterocycles. The molecule has 0 saturated heterocycles. The molecule has 0 aliphatic carbocycles. The minimum atomic E-state index is -1.39. The third-order valence-electron chi connectivity index (χ3n) is 11.7. The number of nitrogens with zero attached hydrogens (tertiary/aromatic N) is 2. The van der Waals surface area contributed by atoms with Gasteiger partial charge in [-0.15, -0.1) is 0 Å². The van der Waals surface area contributed by atoms with Crippen molar-refractivity contribution >= 4 is 72.7 Å². The van der Waals surface area contributed by atoms with Crippen molar-refractivity contribution in [3.8, 4) is 0 Å². The number of carbonyl (C=O) groups excluding carboxylic acids is 4. The summed E-state index contributed by atoms with van der Waals surface area (Å²) in [6, 6.07) is 22.0. The van der Waals surface area contributed by atoms with E-state index in [1.807, 2.05) is 42.5 Å². The highest BCUT2D eigenvalue weighted by Gasteiger charge is 2.42. The van der Waals surface area contributed by atoms with Gasteiger partial charge in [0.05, 0.1) is 0 Å². The molecule has 6 aromatic rings. The molecular weight excluding hydrogens is 677 g/mol. The van der Waals surface area contributed by atoms with E-state index in [9.17, 15) is 29.1 Å². The average Bonchev–Trinajstić information content (AvgIpc) is 3.18. The van der Waals surface area contributed by atoms with Gasteiger partial charge in [-0.1, -0.05) is 120 Å². The van der Waals surface area contributed by atoms with Crippen LogP contribution < -0.4 is 0 Å². The Labute approximate surface area is 314 Å². The maximum Gasteiger partial charge on any atom is 0.327 e. The van der Waals surface area contributed by atoms with E-state index in [2.05, 4.69) is 13.8 Å². The zero-order valence-electron chi connectivity index (χ0n) is 30.8. The number of aliphatic carboxylic acids is 1. The highest BCUT2D eigenvalue weighted by molar-refractivity contribution is 6.41. The van der Waals surface area contributed by atoms with Gasteiger partial charge in [-0.3, -0.25) is 29.0 Å². The SMILES string of the molecule is CCCCCCC(CCCCCC)N1C(=O)c2ccc3c4ccc5c6c(ccc(c7ccc(c2c37)C1=O)c64)C(=O)N([C@@H](Cc1ccccc1)C(=O)O)C5=O. The average molecular weight is 721 g/mol. The van der Waals surface area contributed by atoms with E-state index >= 15 is 0 Å². The normalized spacial score (nSPS) is 14.9. The fourth-order valence-corrected chi connectivity index (χ4v) is 9.06. The Kier molecular flexibility index (Phi) is 9.38. The molecule has 1 N–H and O–H groups in total. The van der Waals surface area contributed by atoms with Gasteiger partial charge in [0.15, 0.2) is 0 Å². The molecule has 8 nitrogen and oxygen atoms in total. The number of carboxylic acid groups (broad SMARTS) is 1.